The fourth-order valence-electron chi connectivity index (χ4n) is 1.81. The van der Waals surface area contributed by atoms with Gasteiger partial charge in [-0.05, 0) is 38.5 Å². The van der Waals surface area contributed by atoms with E-state index in [0.29, 0.717) is 5.56 Å². The second-order valence-electron chi connectivity index (χ2n) is 4.91. The summed E-state index contributed by atoms with van der Waals surface area (Å²) >= 11 is 0. The molecule has 19 heavy (non-hydrogen) atoms. The Morgan fingerprint density at radius 1 is 1.26 bits per heavy atom. The van der Waals surface area contributed by atoms with Crippen molar-refractivity contribution in [1.29, 1.82) is 0 Å². The molecular weight excluding hydrogens is 252 g/mol. The first-order valence-corrected chi connectivity index (χ1v) is 6.22. The highest BCUT2D eigenvalue weighted by Crippen LogP contribution is 2.11. The summed E-state index contributed by atoms with van der Waals surface area (Å²) in [5.74, 6) is -2.11. The summed E-state index contributed by atoms with van der Waals surface area (Å²) < 4.78 is 25.9. The average Bonchev–Trinajstić information content (AvgIpc) is 2.30. The van der Waals surface area contributed by atoms with Gasteiger partial charge < -0.3 is 10.0 Å². The van der Waals surface area contributed by atoms with Crippen molar-refractivity contribution < 1.29 is 18.7 Å². The molecule has 0 bridgehead atoms. The van der Waals surface area contributed by atoms with Crippen molar-refractivity contribution in [3.8, 4) is 0 Å². The molecule has 0 saturated carbocycles. The van der Waals surface area contributed by atoms with Crippen molar-refractivity contribution in [2.45, 2.75) is 39.3 Å². The van der Waals surface area contributed by atoms with E-state index >= 15 is 0 Å². The van der Waals surface area contributed by atoms with Gasteiger partial charge in [-0.2, -0.15) is 0 Å². The van der Waals surface area contributed by atoms with E-state index < -0.39 is 17.7 Å². The third-order valence-corrected chi connectivity index (χ3v) is 2.74. The van der Waals surface area contributed by atoms with Gasteiger partial charge in [-0.25, -0.2) is 8.78 Å². The second-order valence-corrected chi connectivity index (χ2v) is 4.91. The first-order valence-electron chi connectivity index (χ1n) is 6.22. The summed E-state index contributed by atoms with van der Waals surface area (Å²) in [6.07, 6.45) is -0.640. The highest BCUT2D eigenvalue weighted by Gasteiger charge is 2.19. The third kappa shape index (κ3) is 4.59. The summed E-state index contributed by atoms with van der Waals surface area (Å²) in [7, 11) is 0. The van der Waals surface area contributed by atoms with E-state index in [4.69, 9.17) is 0 Å². The smallest absolute Gasteiger partial charge is 0.227 e. The number of benzene rings is 1. The Hall–Kier alpha value is -1.49. The minimum Gasteiger partial charge on any atom is -0.392 e. The topological polar surface area (TPSA) is 40.5 Å². The summed E-state index contributed by atoms with van der Waals surface area (Å²) in [5, 5.41) is 9.36. The molecule has 1 aromatic rings. The van der Waals surface area contributed by atoms with E-state index in [2.05, 4.69) is 0 Å². The molecule has 1 amide bonds. The highest BCUT2D eigenvalue weighted by molar-refractivity contribution is 5.79. The molecular formula is C14H19F2NO2. The fraction of sp³-hybridized carbons (Fsp3) is 0.500. The number of rotatable bonds is 5. The zero-order valence-corrected chi connectivity index (χ0v) is 11.4. The predicted octanol–water partition coefficient (Wildman–Crippen LogP) is 2.13. The van der Waals surface area contributed by atoms with Crippen LogP contribution in [-0.2, 0) is 11.2 Å². The van der Waals surface area contributed by atoms with E-state index in [1.54, 1.807) is 6.92 Å². The van der Waals surface area contributed by atoms with Gasteiger partial charge in [0.2, 0.25) is 5.91 Å². The van der Waals surface area contributed by atoms with Crippen LogP contribution in [-0.4, -0.2) is 34.6 Å². The molecule has 1 N–H and O–H groups in total. The van der Waals surface area contributed by atoms with Crippen LogP contribution >= 0.6 is 0 Å². The van der Waals surface area contributed by atoms with E-state index in [9.17, 15) is 18.7 Å². The lowest BCUT2D eigenvalue weighted by atomic mass is 10.1. The monoisotopic (exact) mass is 271 g/mol. The zero-order valence-electron chi connectivity index (χ0n) is 11.4. The molecule has 1 rings (SSSR count). The van der Waals surface area contributed by atoms with E-state index in [-0.39, 0.29) is 24.9 Å². The van der Waals surface area contributed by atoms with Crippen LogP contribution in [0.2, 0.25) is 0 Å². The standard InChI is InChI=1S/C14H19F2NO2/c1-9(2)17(8-10(3)18)14(19)7-11-4-5-12(15)13(16)6-11/h4-6,9-10,18H,7-8H2,1-3H3. The van der Waals surface area contributed by atoms with Gasteiger partial charge >= 0.3 is 0 Å². The predicted molar refractivity (Wildman–Crippen MR) is 68.6 cm³/mol. The first-order chi connectivity index (χ1) is 8.81. The number of carbonyl (C=O) groups excluding carboxylic acids is 1. The summed E-state index contributed by atoms with van der Waals surface area (Å²) in [6.45, 7) is 5.50. The third-order valence-electron chi connectivity index (χ3n) is 2.74. The van der Waals surface area contributed by atoms with Crippen LogP contribution in [0.15, 0.2) is 18.2 Å². The van der Waals surface area contributed by atoms with Crippen molar-refractivity contribution in [1.82, 2.24) is 4.90 Å². The van der Waals surface area contributed by atoms with E-state index in [0.717, 1.165) is 12.1 Å². The first kappa shape index (κ1) is 15.6. The maximum Gasteiger partial charge on any atom is 0.227 e. The van der Waals surface area contributed by atoms with E-state index in [1.807, 2.05) is 13.8 Å². The number of nitrogens with zero attached hydrogens (tertiary/aromatic N) is 1. The normalized spacial score (nSPS) is 12.6. The minimum atomic E-state index is -0.961. The number of amides is 1. The van der Waals surface area contributed by atoms with Gasteiger partial charge in [0.1, 0.15) is 0 Å². The van der Waals surface area contributed by atoms with Crippen molar-refractivity contribution in [3.05, 3.63) is 35.4 Å². The molecule has 0 spiro atoms. The Morgan fingerprint density at radius 3 is 2.37 bits per heavy atom. The molecule has 0 radical (unpaired) electrons. The van der Waals surface area contributed by atoms with Gasteiger partial charge in [0.05, 0.1) is 12.5 Å². The number of halogens is 2. The van der Waals surface area contributed by atoms with Crippen LogP contribution in [0.1, 0.15) is 26.3 Å². The van der Waals surface area contributed by atoms with Crippen molar-refractivity contribution in [2.75, 3.05) is 6.54 Å². The van der Waals surface area contributed by atoms with Gasteiger partial charge in [0.15, 0.2) is 11.6 Å². The Balaban J connectivity index is 2.78. The Labute approximate surface area is 111 Å². The molecule has 1 aromatic carbocycles. The molecule has 1 unspecified atom stereocenters. The zero-order chi connectivity index (χ0) is 14.6. The lowest BCUT2D eigenvalue weighted by molar-refractivity contribution is -0.133. The lowest BCUT2D eigenvalue weighted by Crippen LogP contribution is -2.42. The maximum absolute atomic E-state index is 13.1. The van der Waals surface area contributed by atoms with Gasteiger partial charge in [0.25, 0.3) is 0 Å². The van der Waals surface area contributed by atoms with Gasteiger partial charge in [-0.3, -0.25) is 4.79 Å². The fourth-order valence-corrected chi connectivity index (χ4v) is 1.81. The summed E-state index contributed by atoms with van der Waals surface area (Å²) in [4.78, 5) is 13.6. The number of carbonyl (C=O) groups is 1. The van der Waals surface area contributed by atoms with E-state index in [1.165, 1.54) is 11.0 Å². The highest BCUT2D eigenvalue weighted by atomic mass is 19.2. The average molecular weight is 271 g/mol. The van der Waals surface area contributed by atoms with Crippen LogP contribution in [0, 0.1) is 11.6 Å². The van der Waals surface area contributed by atoms with Crippen LogP contribution in [0.3, 0.4) is 0 Å². The Morgan fingerprint density at radius 2 is 1.89 bits per heavy atom. The molecule has 5 heteroatoms. The Bertz CT molecular complexity index is 447. The molecule has 0 aliphatic rings. The quantitative estimate of drug-likeness (QED) is 0.891. The maximum atomic E-state index is 13.1. The SMILES string of the molecule is CC(O)CN(C(=O)Cc1ccc(F)c(F)c1)C(C)C. The Kier molecular flexibility index (Phi) is 5.42. The molecule has 3 nitrogen and oxygen atoms in total. The molecule has 0 aliphatic carbocycles. The van der Waals surface area contributed by atoms with Crippen molar-refractivity contribution in [3.63, 3.8) is 0 Å². The molecule has 0 saturated heterocycles. The number of aliphatic hydroxyl groups excluding tert-OH is 1. The minimum absolute atomic E-state index is 0.0118. The molecule has 106 valence electrons. The number of hydrogen-bond donors (Lipinski definition) is 1. The molecule has 0 fully saturated rings. The summed E-state index contributed by atoms with van der Waals surface area (Å²) in [6, 6.07) is 3.35. The van der Waals surface area contributed by atoms with Gasteiger partial charge in [-0.15, -0.1) is 0 Å². The number of hydrogen-bond acceptors (Lipinski definition) is 2. The van der Waals surface area contributed by atoms with Crippen LogP contribution in [0.5, 0.6) is 0 Å². The molecule has 0 aromatic heterocycles. The molecule has 0 aliphatic heterocycles. The summed E-state index contributed by atoms with van der Waals surface area (Å²) in [5.41, 5.74) is 0.417. The second kappa shape index (κ2) is 6.61. The van der Waals surface area contributed by atoms with Crippen LogP contribution in [0.25, 0.3) is 0 Å². The van der Waals surface area contributed by atoms with Crippen molar-refractivity contribution in [2.24, 2.45) is 0 Å². The lowest BCUT2D eigenvalue weighted by Gasteiger charge is -2.28. The molecule has 0 heterocycles. The largest absolute Gasteiger partial charge is 0.392 e. The molecule has 1 atom stereocenters. The van der Waals surface area contributed by atoms with Gasteiger partial charge in [0, 0.05) is 12.6 Å². The van der Waals surface area contributed by atoms with Crippen molar-refractivity contribution >= 4 is 5.91 Å². The van der Waals surface area contributed by atoms with Crippen LogP contribution in [0.4, 0.5) is 8.78 Å². The van der Waals surface area contributed by atoms with Crippen LogP contribution < -0.4 is 0 Å². The number of aliphatic hydroxyl groups is 1. The van der Waals surface area contributed by atoms with Gasteiger partial charge in [-0.1, -0.05) is 6.07 Å².